The zero-order chi connectivity index (χ0) is 18.1. The van der Waals surface area contributed by atoms with Gasteiger partial charge in [0.05, 0.1) is 16.4 Å². The van der Waals surface area contributed by atoms with Gasteiger partial charge in [0.1, 0.15) is 5.82 Å². The molecule has 0 radical (unpaired) electrons. The Balaban J connectivity index is 1.64. The molecule has 3 N–H and O–H groups in total. The SMILES string of the molecule is Cc1cc(NC(=O)Nc2cccs2)n(-c2nc3c(c(=O)[nH]2)CCCC3)n1. The fourth-order valence-electron chi connectivity index (χ4n) is 3.05. The van der Waals surface area contributed by atoms with Gasteiger partial charge in [0.15, 0.2) is 0 Å². The van der Waals surface area contributed by atoms with E-state index in [9.17, 15) is 9.59 Å². The van der Waals surface area contributed by atoms with Crippen molar-refractivity contribution in [3.63, 3.8) is 0 Å². The number of rotatable bonds is 3. The molecule has 4 rings (SSSR count). The molecule has 3 aromatic rings. The molecule has 0 fully saturated rings. The molecule has 8 nitrogen and oxygen atoms in total. The predicted molar refractivity (Wildman–Crippen MR) is 100 cm³/mol. The second-order valence-corrected chi connectivity index (χ2v) is 7.11. The van der Waals surface area contributed by atoms with Crippen LogP contribution < -0.4 is 16.2 Å². The van der Waals surface area contributed by atoms with E-state index in [4.69, 9.17) is 0 Å². The second kappa shape index (κ2) is 6.75. The van der Waals surface area contributed by atoms with E-state index in [1.807, 2.05) is 24.4 Å². The van der Waals surface area contributed by atoms with Gasteiger partial charge in [-0.15, -0.1) is 11.3 Å². The summed E-state index contributed by atoms with van der Waals surface area (Å²) in [5.41, 5.74) is 2.15. The van der Waals surface area contributed by atoms with Gasteiger partial charge in [0.25, 0.3) is 5.56 Å². The van der Waals surface area contributed by atoms with Crippen LogP contribution >= 0.6 is 11.3 Å². The van der Waals surface area contributed by atoms with Crippen molar-refractivity contribution in [1.29, 1.82) is 0 Å². The van der Waals surface area contributed by atoms with Crippen LogP contribution in [0.1, 0.15) is 29.8 Å². The number of aromatic amines is 1. The summed E-state index contributed by atoms with van der Waals surface area (Å²) in [5.74, 6) is 0.755. The number of aryl methyl sites for hydroxylation is 2. The number of fused-ring (bicyclic) bond motifs is 1. The van der Waals surface area contributed by atoms with Gasteiger partial charge >= 0.3 is 6.03 Å². The van der Waals surface area contributed by atoms with E-state index in [0.717, 1.165) is 41.9 Å². The van der Waals surface area contributed by atoms with Gasteiger partial charge in [-0.2, -0.15) is 9.78 Å². The molecular formula is C17H18N6O2S. The maximum atomic E-state index is 12.4. The molecule has 0 unspecified atom stereocenters. The van der Waals surface area contributed by atoms with Crippen molar-refractivity contribution in [2.75, 3.05) is 10.6 Å². The molecule has 9 heteroatoms. The Bertz CT molecular complexity index is 1000. The lowest BCUT2D eigenvalue weighted by molar-refractivity contribution is 0.262. The van der Waals surface area contributed by atoms with Gasteiger partial charge in [-0.3, -0.25) is 20.4 Å². The normalized spacial score (nSPS) is 13.3. The highest BCUT2D eigenvalue weighted by atomic mass is 32.1. The van der Waals surface area contributed by atoms with Crippen molar-refractivity contribution in [1.82, 2.24) is 19.7 Å². The highest BCUT2D eigenvalue weighted by Crippen LogP contribution is 2.20. The fourth-order valence-corrected chi connectivity index (χ4v) is 3.66. The number of nitrogens with zero attached hydrogens (tertiary/aromatic N) is 3. The largest absolute Gasteiger partial charge is 0.325 e. The van der Waals surface area contributed by atoms with Crippen LogP contribution in [0.3, 0.4) is 0 Å². The average Bonchev–Trinajstić information content (AvgIpc) is 3.24. The lowest BCUT2D eigenvalue weighted by Gasteiger charge is -2.15. The summed E-state index contributed by atoms with van der Waals surface area (Å²) < 4.78 is 1.46. The van der Waals surface area contributed by atoms with Crippen LogP contribution in [0.4, 0.5) is 15.6 Å². The lowest BCUT2D eigenvalue weighted by Crippen LogP contribution is -2.25. The Morgan fingerprint density at radius 1 is 1.31 bits per heavy atom. The van der Waals surface area contributed by atoms with Crippen LogP contribution in [0.2, 0.25) is 0 Å². The standard InChI is InChI=1S/C17H18N6O2S/c1-10-9-13(19-17(25)20-14-7-4-8-26-14)23(22-10)16-18-12-6-3-2-5-11(12)15(24)21-16/h4,7-9H,2-3,5-6H2,1H3,(H,18,21,24)(H2,19,20,25). The summed E-state index contributed by atoms with van der Waals surface area (Å²) in [7, 11) is 0. The van der Waals surface area contributed by atoms with E-state index >= 15 is 0 Å². The summed E-state index contributed by atoms with van der Waals surface area (Å²) in [4.78, 5) is 32.0. The predicted octanol–water partition coefficient (Wildman–Crippen LogP) is 2.85. The van der Waals surface area contributed by atoms with Crippen LogP contribution in [-0.2, 0) is 12.8 Å². The summed E-state index contributed by atoms with van der Waals surface area (Å²) in [6.07, 6.45) is 3.57. The molecule has 134 valence electrons. The van der Waals surface area contributed by atoms with Gasteiger partial charge in [-0.1, -0.05) is 0 Å². The van der Waals surface area contributed by atoms with E-state index in [1.165, 1.54) is 16.0 Å². The minimum Gasteiger partial charge on any atom is -0.299 e. The number of amides is 2. The number of H-pyrrole nitrogens is 1. The number of thiophene rings is 1. The molecule has 26 heavy (non-hydrogen) atoms. The van der Waals surface area contributed by atoms with Gasteiger partial charge in [0, 0.05) is 11.6 Å². The topological polar surface area (TPSA) is 105 Å². The number of nitrogens with one attached hydrogen (secondary N) is 3. The van der Waals surface area contributed by atoms with E-state index in [2.05, 4.69) is 25.7 Å². The van der Waals surface area contributed by atoms with Crippen molar-refractivity contribution in [3.8, 4) is 5.95 Å². The van der Waals surface area contributed by atoms with Crippen molar-refractivity contribution in [2.45, 2.75) is 32.6 Å². The van der Waals surface area contributed by atoms with Gasteiger partial charge in [-0.25, -0.2) is 9.78 Å². The monoisotopic (exact) mass is 370 g/mol. The first kappa shape index (κ1) is 16.5. The zero-order valence-electron chi connectivity index (χ0n) is 14.2. The Morgan fingerprint density at radius 3 is 2.96 bits per heavy atom. The second-order valence-electron chi connectivity index (χ2n) is 6.16. The van der Waals surface area contributed by atoms with Crippen molar-refractivity contribution >= 4 is 28.2 Å². The Labute approximate surface area is 153 Å². The van der Waals surface area contributed by atoms with Crippen LogP contribution in [0, 0.1) is 6.92 Å². The summed E-state index contributed by atoms with van der Waals surface area (Å²) in [5, 5.41) is 12.5. The third-order valence-electron chi connectivity index (χ3n) is 4.21. The Morgan fingerprint density at radius 2 is 2.15 bits per heavy atom. The fraction of sp³-hybridized carbons (Fsp3) is 0.294. The number of aromatic nitrogens is 4. The minimum atomic E-state index is -0.381. The summed E-state index contributed by atoms with van der Waals surface area (Å²) >= 11 is 1.43. The number of urea groups is 1. The van der Waals surface area contributed by atoms with Crippen LogP contribution in [0.25, 0.3) is 5.95 Å². The van der Waals surface area contributed by atoms with Gasteiger partial charge < -0.3 is 0 Å². The van der Waals surface area contributed by atoms with Crippen LogP contribution in [0.15, 0.2) is 28.4 Å². The van der Waals surface area contributed by atoms with Gasteiger partial charge in [-0.05, 0) is 50.1 Å². The molecule has 1 aliphatic carbocycles. The van der Waals surface area contributed by atoms with E-state index < -0.39 is 0 Å². The van der Waals surface area contributed by atoms with E-state index in [-0.39, 0.29) is 11.6 Å². The number of carbonyl (C=O) groups excluding carboxylic acids is 1. The first-order chi connectivity index (χ1) is 12.6. The smallest absolute Gasteiger partial charge is 0.299 e. The molecule has 0 atom stereocenters. The third kappa shape index (κ3) is 3.25. The molecule has 3 aromatic heterocycles. The van der Waals surface area contributed by atoms with Crippen LogP contribution in [-0.4, -0.2) is 25.8 Å². The first-order valence-electron chi connectivity index (χ1n) is 8.41. The molecule has 0 spiro atoms. The maximum absolute atomic E-state index is 12.4. The highest BCUT2D eigenvalue weighted by molar-refractivity contribution is 7.14. The highest BCUT2D eigenvalue weighted by Gasteiger charge is 2.19. The molecule has 0 saturated heterocycles. The molecule has 0 saturated carbocycles. The number of anilines is 2. The molecule has 0 aromatic carbocycles. The zero-order valence-corrected chi connectivity index (χ0v) is 15.0. The Kier molecular flexibility index (Phi) is 4.29. The first-order valence-corrected chi connectivity index (χ1v) is 9.29. The van der Waals surface area contributed by atoms with Crippen molar-refractivity contribution in [3.05, 3.63) is 50.9 Å². The van der Waals surface area contributed by atoms with Crippen molar-refractivity contribution in [2.24, 2.45) is 0 Å². The molecule has 0 bridgehead atoms. The van der Waals surface area contributed by atoms with E-state index in [0.29, 0.717) is 17.5 Å². The van der Waals surface area contributed by atoms with Crippen molar-refractivity contribution < 1.29 is 4.79 Å². The third-order valence-corrected chi connectivity index (χ3v) is 5.00. The van der Waals surface area contributed by atoms with Gasteiger partial charge in [0.2, 0.25) is 5.95 Å². The van der Waals surface area contributed by atoms with E-state index in [1.54, 1.807) is 6.07 Å². The molecular weight excluding hydrogens is 352 g/mol. The average molecular weight is 370 g/mol. The molecule has 3 heterocycles. The quantitative estimate of drug-likeness (QED) is 0.659. The Hall–Kier alpha value is -2.94. The molecule has 0 aliphatic heterocycles. The number of hydrogen-bond acceptors (Lipinski definition) is 5. The van der Waals surface area contributed by atoms with Crippen LogP contribution in [0.5, 0.6) is 0 Å². The molecule has 1 aliphatic rings. The summed E-state index contributed by atoms with van der Waals surface area (Å²) in [6, 6.07) is 5.02. The summed E-state index contributed by atoms with van der Waals surface area (Å²) in [6.45, 7) is 1.81. The lowest BCUT2D eigenvalue weighted by atomic mass is 9.97. The number of hydrogen-bond donors (Lipinski definition) is 3. The number of carbonyl (C=O) groups is 1. The molecule has 2 amide bonds. The maximum Gasteiger partial charge on any atom is 0.325 e. The minimum absolute atomic E-state index is 0.133.